The van der Waals surface area contributed by atoms with Gasteiger partial charge in [0.05, 0.1) is 11.4 Å². The molecule has 7 heteroatoms. The van der Waals surface area contributed by atoms with Gasteiger partial charge in [-0.15, -0.1) is 35.3 Å². The summed E-state index contributed by atoms with van der Waals surface area (Å²) in [5.74, 6) is 1.15. The summed E-state index contributed by atoms with van der Waals surface area (Å²) in [5.41, 5.74) is 6.73. The highest BCUT2D eigenvalue weighted by molar-refractivity contribution is 14.0. The number of aromatic nitrogens is 1. The average molecular weight is 432 g/mol. The number of hydrogen-bond acceptors (Lipinski definition) is 4. The number of thiophene rings is 1. The molecule has 0 aromatic carbocycles. The van der Waals surface area contributed by atoms with Gasteiger partial charge in [-0.1, -0.05) is 25.3 Å². The molecule has 0 unspecified atom stereocenters. The maximum absolute atomic E-state index is 5.94. The smallest absolute Gasteiger partial charge is 0.236 e. The van der Waals surface area contributed by atoms with Crippen LogP contribution in [0.4, 0.5) is 0 Å². The molecule has 0 spiro atoms. The molecule has 120 valence electrons. The minimum absolute atomic E-state index is 0. The Balaban J connectivity index is 0.00000176. The van der Waals surface area contributed by atoms with Crippen LogP contribution >= 0.6 is 35.3 Å². The Kier molecular flexibility index (Phi) is 6.69. The van der Waals surface area contributed by atoms with Gasteiger partial charge in [0.25, 0.3) is 0 Å². The van der Waals surface area contributed by atoms with Crippen LogP contribution in [0.25, 0.3) is 10.8 Å². The van der Waals surface area contributed by atoms with E-state index in [1.54, 1.807) is 17.6 Å². The SMILES string of the molecule is I.NC(=NCc1coc(-c2cccs2)n1)NC1CCCCC1. The molecule has 22 heavy (non-hydrogen) atoms. The third-order valence-corrected chi connectivity index (χ3v) is 4.51. The molecule has 0 aliphatic heterocycles. The van der Waals surface area contributed by atoms with Crippen LogP contribution in [0.15, 0.2) is 33.2 Å². The molecule has 2 aromatic rings. The van der Waals surface area contributed by atoms with Gasteiger partial charge in [0.2, 0.25) is 5.89 Å². The monoisotopic (exact) mass is 432 g/mol. The average Bonchev–Trinajstić information content (AvgIpc) is 3.17. The van der Waals surface area contributed by atoms with Crippen LogP contribution in [0, 0.1) is 0 Å². The third-order valence-electron chi connectivity index (χ3n) is 3.65. The molecule has 3 N–H and O–H groups in total. The Bertz CT molecular complexity index is 590. The van der Waals surface area contributed by atoms with E-state index < -0.39 is 0 Å². The Morgan fingerprint density at radius 2 is 2.23 bits per heavy atom. The van der Waals surface area contributed by atoms with Gasteiger partial charge in [-0.05, 0) is 24.3 Å². The Morgan fingerprint density at radius 1 is 1.41 bits per heavy atom. The molecule has 0 bridgehead atoms. The predicted octanol–water partition coefficient (Wildman–Crippen LogP) is 3.76. The number of nitrogens with one attached hydrogen (secondary N) is 1. The van der Waals surface area contributed by atoms with E-state index in [4.69, 9.17) is 10.2 Å². The van der Waals surface area contributed by atoms with Crippen molar-refractivity contribution < 1.29 is 4.42 Å². The number of aliphatic imine (C=N–C) groups is 1. The van der Waals surface area contributed by atoms with E-state index in [0.29, 0.717) is 24.4 Å². The van der Waals surface area contributed by atoms with Crippen molar-refractivity contribution in [1.82, 2.24) is 10.3 Å². The van der Waals surface area contributed by atoms with Crippen molar-refractivity contribution in [2.75, 3.05) is 0 Å². The Labute approximate surface area is 151 Å². The second-order valence-corrected chi connectivity index (χ2v) is 6.25. The van der Waals surface area contributed by atoms with Crippen molar-refractivity contribution in [1.29, 1.82) is 0 Å². The van der Waals surface area contributed by atoms with Crippen molar-refractivity contribution >= 4 is 41.3 Å². The van der Waals surface area contributed by atoms with Crippen molar-refractivity contribution in [2.45, 2.75) is 44.7 Å². The van der Waals surface area contributed by atoms with E-state index in [1.165, 1.54) is 32.1 Å². The first-order valence-electron chi connectivity index (χ1n) is 7.36. The largest absolute Gasteiger partial charge is 0.443 e. The molecule has 2 heterocycles. The van der Waals surface area contributed by atoms with Crippen LogP contribution < -0.4 is 11.1 Å². The summed E-state index contributed by atoms with van der Waals surface area (Å²) in [6.07, 6.45) is 7.90. The van der Waals surface area contributed by atoms with Crippen LogP contribution in [0.1, 0.15) is 37.8 Å². The second-order valence-electron chi connectivity index (χ2n) is 5.30. The molecule has 1 aliphatic rings. The first kappa shape index (κ1) is 17.3. The summed E-state index contributed by atoms with van der Waals surface area (Å²) in [5, 5.41) is 5.30. The van der Waals surface area contributed by atoms with E-state index in [2.05, 4.69) is 15.3 Å². The number of hydrogen-bond donors (Lipinski definition) is 2. The first-order valence-corrected chi connectivity index (χ1v) is 8.24. The van der Waals surface area contributed by atoms with Crippen LogP contribution in [0.2, 0.25) is 0 Å². The molecule has 0 radical (unpaired) electrons. The van der Waals surface area contributed by atoms with Crippen LogP contribution in [-0.2, 0) is 6.54 Å². The van der Waals surface area contributed by atoms with Gasteiger partial charge in [-0.25, -0.2) is 9.98 Å². The summed E-state index contributed by atoms with van der Waals surface area (Å²) < 4.78 is 5.46. The minimum Gasteiger partial charge on any atom is -0.443 e. The number of guanidine groups is 1. The number of nitrogens with two attached hydrogens (primary N) is 1. The molecule has 0 atom stereocenters. The fraction of sp³-hybridized carbons (Fsp3) is 0.467. The van der Waals surface area contributed by atoms with E-state index in [9.17, 15) is 0 Å². The van der Waals surface area contributed by atoms with E-state index >= 15 is 0 Å². The molecule has 1 fully saturated rings. The van der Waals surface area contributed by atoms with Gasteiger partial charge in [0.1, 0.15) is 12.0 Å². The number of halogens is 1. The van der Waals surface area contributed by atoms with Crippen LogP contribution in [-0.4, -0.2) is 17.0 Å². The van der Waals surface area contributed by atoms with Gasteiger partial charge in [0, 0.05) is 6.04 Å². The predicted molar refractivity (Wildman–Crippen MR) is 101 cm³/mol. The molecule has 2 aromatic heterocycles. The van der Waals surface area contributed by atoms with Gasteiger partial charge < -0.3 is 15.5 Å². The molecular weight excluding hydrogens is 411 g/mol. The quantitative estimate of drug-likeness (QED) is 0.438. The van der Waals surface area contributed by atoms with Crippen LogP contribution in [0.3, 0.4) is 0 Å². The van der Waals surface area contributed by atoms with Crippen LogP contribution in [0.5, 0.6) is 0 Å². The standard InChI is InChI=1S/C15H20N4OS.HI/c16-15(19-11-5-2-1-3-6-11)17-9-12-10-20-14(18-12)13-7-4-8-21-13;/h4,7-8,10-11H,1-3,5-6,9H2,(H3,16,17,19);1H. The lowest BCUT2D eigenvalue weighted by Gasteiger charge is -2.23. The van der Waals surface area contributed by atoms with Crippen molar-refractivity contribution in [3.63, 3.8) is 0 Å². The van der Waals surface area contributed by atoms with Gasteiger partial charge in [-0.2, -0.15) is 0 Å². The molecule has 1 saturated carbocycles. The summed E-state index contributed by atoms with van der Waals surface area (Å²) in [4.78, 5) is 9.80. The van der Waals surface area contributed by atoms with E-state index in [-0.39, 0.29) is 24.0 Å². The fourth-order valence-electron chi connectivity index (χ4n) is 2.56. The molecular formula is C15H21IN4OS. The highest BCUT2D eigenvalue weighted by atomic mass is 127. The fourth-order valence-corrected chi connectivity index (χ4v) is 3.22. The van der Waals surface area contributed by atoms with E-state index in [1.807, 2.05) is 17.5 Å². The maximum Gasteiger partial charge on any atom is 0.236 e. The lowest BCUT2D eigenvalue weighted by Crippen LogP contribution is -2.41. The van der Waals surface area contributed by atoms with Crippen molar-refractivity contribution in [3.8, 4) is 10.8 Å². The highest BCUT2D eigenvalue weighted by Crippen LogP contribution is 2.23. The second kappa shape index (κ2) is 8.52. The minimum atomic E-state index is 0. The topological polar surface area (TPSA) is 76.4 Å². The third kappa shape index (κ3) is 4.70. The zero-order valence-corrected chi connectivity index (χ0v) is 15.5. The van der Waals surface area contributed by atoms with Crippen molar-refractivity contribution in [2.24, 2.45) is 10.7 Å². The highest BCUT2D eigenvalue weighted by Gasteiger charge is 2.13. The zero-order chi connectivity index (χ0) is 14.5. The number of nitrogens with zero attached hydrogens (tertiary/aromatic N) is 2. The van der Waals surface area contributed by atoms with Gasteiger partial charge >= 0.3 is 0 Å². The zero-order valence-electron chi connectivity index (χ0n) is 12.3. The summed E-state index contributed by atoms with van der Waals surface area (Å²) in [7, 11) is 0. The molecule has 0 amide bonds. The molecule has 3 rings (SSSR count). The van der Waals surface area contributed by atoms with Gasteiger partial charge in [0.15, 0.2) is 5.96 Å². The summed E-state index contributed by atoms with van der Waals surface area (Å²) >= 11 is 1.61. The first-order chi connectivity index (χ1) is 10.3. The lowest BCUT2D eigenvalue weighted by molar-refractivity contribution is 0.412. The Hall–Kier alpha value is -1.09. The molecule has 0 saturated heterocycles. The van der Waals surface area contributed by atoms with Crippen molar-refractivity contribution in [3.05, 3.63) is 29.5 Å². The summed E-state index contributed by atoms with van der Waals surface area (Å²) in [6, 6.07) is 4.44. The maximum atomic E-state index is 5.94. The number of rotatable bonds is 4. The van der Waals surface area contributed by atoms with E-state index in [0.717, 1.165) is 10.6 Å². The molecule has 5 nitrogen and oxygen atoms in total. The Morgan fingerprint density at radius 3 is 2.95 bits per heavy atom. The number of oxazole rings is 1. The summed E-state index contributed by atoms with van der Waals surface area (Å²) in [6.45, 7) is 0.445. The van der Waals surface area contributed by atoms with Gasteiger partial charge in [-0.3, -0.25) is 0 Å². The normalized spacial score (nSPS) is 16.3. The lowest BCUT2D eigenvalue weighted by atomic mass is 9.96. The molecule has 1 aliphatic carbocycles.